The van der Waals surface area contributed by atoms with Crippen LogP contribution in [0.25, 0.3) is 0 Å². The molecule has 2 amide bonds. The van der Waals surface area contributed by atoms with Crippen LogP contribution in [0.5, 0.6) is 5.75 Å². The Hall–Kier alpha value is -3.16. The number of carbonyl (C=O) groups is 3. The van der Waals surface area contributed by atoms with Crippen molar-refractivity contribution in [3.05, 3.63) is 40.0 Å². The van der Waals surface area contributed by atoms with Crippen LogP contribution in [0, 0.1) is 10.1 Å². The van der Waals surface area contributed by atoms with Crippen molar-refractivity contribution in [3.63, 3.8) is 0 Å². The van der Waals surface area contributed by atoms with Crippen LogP contribution in [0.1, 0.15) is 10.4 Å². The van der Waals surface area contributed by atoms with E-state index in [4.69, 9.17) is 5.73 Å². The number of ketones is 1. The highest BCUT2D eigenvalue weighted by Gasteiger charge is 2.34. The Morgan fingerprint density at radius 1 is 1.28 bits per heavy atom. The smallest absolute Gasteiger partial charge is 0.318 e. The number of imide groups is 1. The van der Waals surface area contributed by atoms with Crippen LogP contribution in [0.4, 0.5) is 5.69 Å². The lowest BCUT2D eigenvalue weighted by molar-refractivity contribution is -0.386. The molecule has 0 radical (unpaired) electrons. The van der Waals surface area contributed by atoms with Crippen molar-refractivity contribution in [3.8, 4) is 5.75 Å². The number of hydroxylamine groups is 2. The van der Waals surface area contributed by atoms with Crippen LogP contribution >= 0.6 is 0 Å². The van der Waals surface area contributed by atoms with E-state index in [-0.39, 0.29) is 5.06 Å². The van der Waals surface area contributed by atoms with Crippen molar-refractivity contribution in [1.29, 1.82) is 0 Å². The molecule has 25 heavy (non-hydrogen) atoms. The molecule has 2 rings (SSSR count). The van der Waals surface area contributed by atoms with Crippen molar-refractivity contribution in [2.45, 2.75) is 4.90 Å². The highest BCUT2D eigenvalue weighted by atomic mass is 32.2. The zero-order valence-corrected chi connectivity index (χ0v) is 12.9. The van der Waals surface area contributed by atoms with Crippen LogP contribution in [-0.2, 0) is 24.0 Å². The van der Waals surface area contributed by atoms with E-state index in [9.17, 15) is 38.0 Å². The normalized spacial score (nSPS) is 14.2. The molecule has 0 unspecified atom stereocenters. The number of nitro benzene ring substituents is 1. The summed E-state index contributed by atoms with van der Waals surface area (Å²) in [5, 5.41) is 20.6. The number of carbonyl (C=O) groups excluding carboxylic acids is 3. The van der Waals surface area contributed by atoms with Gasteiger partial charge >= 0.3 is 15.8 Å². The molecule has 1 aliphatic rings. The van der Waals surface area contributed by atoms with E-state index >= 15 is 0 Å². The molecule has 12 nitrogen and oxygen atoms in total. The average molecular weight is 371 g/mol. The first kappa shape index (κ1) is 18.2. The van der Waals surface area contributed by atoms with E-state index in [1.807, 2.05) is 0 Å². The van der Waals surface area contributed by atoms with Crippen molar-refractivity contribution in [2.75, 3.05) is 6.54 Å². The lowest BCUT2D eigenvalue weighted by Gasteiger charge is -2.13. The highest BCUT2D eigenvalue weighted by Crippen LogP contribution is 2.34. The fourth-order valence-corrected chi connectivity index (χ4v) is 2.75. The van der Waals surface area contributed by atoms with Gasteiger partial charge < -0.3 is 10.8 Å². The molecule has 0 saturated heterocycles. The van der Waals surface area contributed by atoms with Gasteiger partial charge in [0.15, 0.2) is 5.78 Å². The van der Waals surface area contributed by atoms with Crippen LogP contribution in [0.15, 0.2) is 29.2 Å². The zero-order valence-electron chi connectivity index (χ0n) is 12.1. The monoisotopic (exact) mass is 371 g/mol. The number of nitrogens with zero attached hydrogens (tertiary/aromatic N) is 2. The molecule has 3 N–H and O–H groups in total. The van der Waals surface area contributed by atoms with E-state index in [1.165, 1.54) is 0 Å². The number of Topliss-reactive ketones (excluding diaryl/α,β-unsaturated/α-hetero) is 1. The van der Waals surface area contributed by atoms with Crippen molar-refractivity contribution in [1.82, 2.24) is 5.06 Å². The van der Waals surface area contributed by atoms with Crippen LogP contribution < -0.4 is 5.73 Å². The van der Waals surface area contributed by atoms with Crippen LogP contribution in [0.2, 0.25) is 0 Å². The molecule has 0 aromatic heterocycles. The predicted octanol–water partition coefficient (Wildman–Crippen LogP) is -1.01. The summed E-state index contributed by atoms with van der Waals surface area (Å²) in [4.78, 5) is 43.3. The van der Waals surface area contributed by atoms with Gasteiger partial charge in [0.1, 0.15) is 4.90 Å². The second-order valence-corrected chi connectivity index (χ2v) is 6.08. The lowest BCUT2D eigenvalue weighted by Crippen LogP contribution is -2.33. The van der Waals surface area contributed by atoms with Gasteiger partial charge in [0, 0.05) is 18.2 Å². The van der Waals surface area contributed by atoms with Gasteiger partial charge in [-0.3, -0.25) is 24.5 Å². The van der Waals surface area contributed by atoms with E-state index < -0.39 is 61.1 Å². The Morgan fingerprint density at radius 3 is 2.32 bits per heavy atom. The Balaban J connectivity index is 2.55. The molecule has 1 heterocycles. The molecule has 1 aromatic carbocycles. The van der Waals surface area contributed by atoms with Crippen LogP contribution in [0.3, 0.4) is 0 Å². The van der Waals surface area contributed by atoms with Gasteiger partial charge in [-0.25, -0.2) is 0 Å². The number of phenolic OH excluding ortho intramolecular Hbond substituents is 1. The Morgan fingerprint density at radius 2 is 1.84 bits per heavy atom. The second kappa shape index (κ2) is 6.39. The second-order valence-electron chi connectivity index (χ2n) is 4.56. The van der Waals surface area contributed by atoms with E-state index in [1.54, 1.807) is 0 Å². The summed E-state index contributed by atoms with van der Waals surface area (Å²) in [5.41, 5.74) is 3.29. The summed E-state index contributed by atoms with van der Waals surface area (Å²) in [5.74, 6) is -4.22. The van der Waals surface area contributed by atoms with Gasteiger partial charge in [-0.15, -0.1) is 9.35 Å². The predicted molar refractivity (Wildman–Crippen MR) is 77.4 cm³/mol. The molecule has 1 aliphatic heterocycles. The Bertz CT molecular complexity index is 917. The van der Waals surface area contributed by atoms with Gasteiger partial charge in [0.05, 0.1) is 17.0 Å². The maximum atomic E-state index is 12.2. The largest absolute Gasteiger partial charge is 0.502 e. The summed E-state index contributed by atoms with van der Waals surface area (Å²) >= 11 is 0. The fraction of sp³-hybridized carbons (Fsp3) is 0.0833. The SMILES string of the molecule is NCC(=O)c1cc(S(=O)(=O)ON2C(=O)C=CC2=O)cc([N+](=O)[O-])c1O. The fourth-order valence-electron chi connectivity index (χ4n) is 1.80. The summed E-state index contributed by atoms with van der Waals surface area (Å²) in [6.45, 7) is -0.665. The first-order valence-electron chi connectivity index (χ1n) is 6.34. The molecule has 132 valence electrons. The maximum absolute atomic E-state index is 12.2. The van der Waals surface area contributed by atoms with Crippen molar-refractivity contribution < 1.29 is 37.1 Å². The maximum Gasteiger partial charge on any atom is 0.318 e. The quantitative estimate of drug-likeness (QED) is 0.271. The topological polar surface area (TPSA) is 187 Å². The number of rotatable bonds is 6. The molecule has 0 fully saturated rings. The number of benzene rings is 1. The number of hydrogen-bond acceptors (Lipinski definition) is 10. The number of aromatic hydroxyl groups is 1. The molecule has 0 atom stereocenters. The molecule has 13 heteroatoms. The first-order valence-corrected chi connectivity index (χ1v) is 7.74. The minimum Gasteiger partial charge on any atom is -0.502 e. The number of hydrogen-bond donors (Lipinski definition) is 2. The minimum absolute atomic E-state index is 0.0849. The summed E-state index contributed by atoms with van der Waals surface area (Å²) in [7, 11) is -4.91. The molecule has 1 aromatic rings. The molecular weight excluding hydrogens is 362 g/mol. The first-order chi connectivity index (χ1) is 11.6. The third-order valence-electron chi connectivity index (χ3n) is 2.98. The Labute approximate surface area is 139 Å². The number of amides is 2. The average Bonchev–Trinajstić information content (AvgIpc) is 2.85. The summed E-state index contributed by atoms with van der Waals surface area (Å²) in [6.07, 6.45) is 1.50. The number of phenols is 1. The summed E-state index contributed by atoms with van der Waals surface area (Å²) in [6, 6.07) is 1.00. The lowest BCUT2D eigenvalue weighted by atomic mass is 10.1. The molecule has 0 aliphatic carbocycles. The number of nitrogens with two attached hydrogens (primary N) is 1. The molecule has 0 spiro atoms. The van der Waals surface area contributed by atoms with Gasteiger partial charge in [-0.2, -0.15) is 8.42 Å². The van der Waals surface area contributed by atoms with Crippen LogP contribution in [-0.4, -0.2) is 47.7 Å². The van der Waals surface area contributed by atoms with E-state index in [2.05, 4.69) is 4.28 Å². The third-order valence-corrected chi connectivity index (χ3v) is 4.13. The minimum atomic E-state index is -4.91. The van der Waals surface area contributed by atoms with Gasteiger partial charge in [0.25, 0.3) is 11.8 Å². The molecule has 0 bridgehead atoms. The van der Waals surface area contributed by atoms with E-state index in [0.29, 0.717) is 12.1 Å². The van der Waals surface area contributed by atoms with Crippen molar-refractivity contribution >= 4 is 33.4 Å². The van der Waals surface area contributed by atoms with Gasteiger partial charge in [-0.05, 0) is 6.07 Å². The number of nitro groups is 1. The molecule has 0 saturated carbocycles. The molecular formula is C12H9N3O9S. The highest BCUT2D eigenvalue weighted by molar-refractivity contribution is 7.86. The summed E-state index contributed by atoms with van der Waals surface area (Å²) < 4.78 is 28.7. The Kier molecular flexibility index (Phi) is 4.64. The zero-order chi connectivity index (χ0) is 18.9. The van der Waals surface area contributed by atoms with Gasteiger partial charge in [-0.1, -0.05) is 0 Å². The standard InChI is InChI=1S/C12H9N3O9S/c13-5-9(16)7-3-6(4-8(12(7)19)15(20)21)25(22,23)24-14-10(17)1-2-11(14)18/h1-4,19H,5,13H2. The third kappa shape index (κ3) is 3.37. The van der Waals surface area contributed by atoms with E-state index in [0.717, 1.165) is 12.2 Å². The van der Waals surface area contributed by atoms with Gasteiger partial charge in [0.2, 0.25) is 5.75 Å². The van der Waals surface area contributed by atoms with Crippen molar-refractivity contribution in [2.24, 2.45) is 5.73 Å².